The Labute approximate surface area is 231 Å². The summed E-state index contributed by atoms with van der Waals surface area (Å²) in [6, 6.07) is 22.7. The highest BCUT2D eigenvalue weighted by atomic mass is 35.5. The molecule has 2 amide bonds. The standard InChI is InChI=1S/C29H28ClN5O4/c1-34(2)28-31-17-25(26(33-28)19-9-5-4-6-10-19)39-29(38)35(3)18-24(36)20-11-8-14-23(16-20)32-27(37)21-12-7-13-22(30)15-21/h4-17,24,36H,18H2,1-3H3,(H,32,37). The Balaban J connectivity index is 1.44. The molecule has 1 atom stereocenters. The zero-order chi connectivity index (χ0) is 27.9. The minimum Gasteiger partial charge on any atom is -0.406 e. The highest BCUT2D eigenvalue weighted by Crippen LogP contribution is 2.29. The smallest absolute Gasteiger partial charge is 0.406 e. The van der Waals surface area contributed by atoms with Gasteiger partial charge in [0.15, 0.2) is 5.75 Å². The van der Waals surface area contributed by atoms with Crippen LogP contribution in [0.25, 0.3) is 11.3 Å². The highest BCUT2D eigenvalue weighted by Gasteiger charge is 2.21. The van der Waals surface area contributed by atoms with Gasteiger partial charge in [-0.1, -0.05) is 60.1 Å². The molecule has 0 saturated carbocycles. The van der Waals surface area contributed by atoms with Crippen molar-refractivity contribution in [3.63, 3.8) is 0 Å². The first-order valence-electron chi connectivity index (χ1n) is 12.1. The summed E-state index contributed by atoms with van der Waals surface area (Å²) in [4.78, 5) is 37.3. The highest BCUT2D eigenvalue weighted by molar-refractivity contribution is 6.31. The van der Waals surface area contributed by atoms with E-state index in [1.165, 1.54) is 18.1 Å². The minimum atomic E-state index is -1.04. The number of likely N-dealkylation sites (N-methyl/N-ethyl adjacent to an activating group) is 1. The van der Waals surface area contributed by atoms with Crippen molar-refractivity contribution in [2.75, 3.05) is 37.9 Å². The van der Waals surface area contributed by atoms with Crippen LogP contribution in [0.2, 0.25) is 5.02 Å². The van der Waals surface area contributed by atoms with Crippen LogP contribution in [0.4, 0.5) is 16.4 Å². The Morgan fingerprint density at radius 3 is 2.46 bits per heavy atom. The van der Waals surface area contributed by atoms with Gasteiger partial charge < -0.3 is 25.0 Å². The zero-order valence-corrected chi connectivity index (χ0v) is 22.5. The summed E-state index contributed by atoms with van der Waals surface area (Å²) in [5.74, 6) is 0.338. The van der Waals surface area contributed by atoms with Gasteiger partial charge in [0.2, 0.25) is 5.95 Å². The summed E-state index contributed by atoms with van der Waals surface area (Å²) in [5.41, 5.74) is 2.66. The van der Waals surface area contributed by atoms with Gasteiger partial charge >= 0.3 is 6.09 Å². The molecule has 0 aliphatic carbocycles. The topological polar surface area (TPSA) is 108 Å². The summed E-state index contributed by atoms with van der Waals surface area (Å²) in [5, 5.41) is 14.1. The molecule has 0 spiro atoms. The van der Waals surface area contributed by atoms with E-state index in [0.717, 1.165) is 5.56 Å². The number of ether oxygens (including phenoxy) is 1. The molecule has 1 unspecified atom stereocenters. The predicted octanol–water partition coefficient (Wildman–Crippen LogP) is 5.28. The third-order valence-corrected chi connectivity index (χ3v) is 6.00. The summed E-state index contributed by atoms with van der Waals surface area (Å²) in [7, 11) is 5.17. The summed E-state index contributed by atoms with van der Waals surface area (Å²) in [6.45, 7) is -0.0537. The number of nitrogens with zero attached hydrogens (tertiary/aromatic N) is 4. The molecule has 39 heavy (non-hydrogen) atoms. The van der Waals surface area contributed by atoms with Crippen LogP contribution in [0.1, 0.15) is 22.0 Å². The number of carbonyl (C=O) groups excluding carboxylic acids is 2. The Morgan fingerprint density at radius 2 is 1.74 bits per heavy atom. The molecule has 3 aromatic carbocycles. The monoisotopic (exact) mass is 545 g/mol. The van der Waals surface area contributed by atoms with E-state index < -0.39 is 12.2 Å². The number of hydrogen-bond acceptors (Lipinski definition) is 7. The number of amides is 2. The molecule has 9 nitrogen and oxygen atoms in total. The number of aliphatic hydroxyl groups excluding tert-OH is 1. The maximum Gasteiger partial charge on any atom is 0.415 e. The lowest BCUT2D eigenvalue weighted by Crippen LogP contribution is -2.33. The number of rotatable bonds is 8. The van der Waals surface area contributed by atoms with Crippen LogP contribution >= 0.6 is 11.6 Å². The van der Waals surface area contributed by atoms with Crippen LogP contribution < -0.4 is 15.0 Å². The number of carbonyl (C=O) groups is 2. The summed E-state index contributed by atoms with van der Waals surface area (Å²) < 4.78 is 5.63. The van der Waals surface area contributed by atoms with Crippen molar-refractivity contribution in [3.8, 4) is 17.0 Å². The van der Waals surface area contributed by atoms with Crippen LogP contribution in [0.15, 0.2) is 85.1 Å². The van der Waals surface area contributed by atoms with Crippen molar-refractivity contribution in [1.29, 1.82) is 0 Å². The average Bonchev–Trinajstić information content (AvgIpc) is 2.93. The lowest BCUT2D eigenvalue weighted by atomic mass is 10.1. The second-order valence-electron chi connectivity index (χ2n) is 9.00. The van der Waals surface area contributed by atoms with Gasteiger partial charge in [-0.25, -0.2) is 14.8 Å². The Hall–Kier alpha value is -4.47. The number of benzene rings is 3. The molecule has 10 heteroatoms. The van der Waals surface area contributed by atoms with Gasteiger partial charge in [0, 0.05) is 43.0 Å². The van der Waals surface area contributed by atoms with E-state index in [1.807, 2.05) is 44.4 Å². The second-order valence-corrected chi connectivity index (χ2v) is 9.43. The maximum atomic E-state index is 12.9. The van der Waals surface area contributed by atoms with Crippen LogP contribution in [-0.2, 0) is 0 Å². The van der Waals surface area contributed by atoms with E-state index in [2.05, 4.69) is 15.3 Å². The number of aliphatic hydroxyl groups is 1. The molecule has 0 aliphatic rings. The van der Waals surface area contributed by atoms with Crippen LogP contribution in [0.5, 0.6) is 5.75 Å². The Bertz CT molecular complexity index is 1470. The van der Waals surface area contributed by atoms with Gasteiger partial charge in [0.25, 0.3) is 5.91 Å². The first-order chi connectivity index (χ1) is 18.7. The number of aromatic nitrogens is 2. The fraction of sp³-hybridized carbons (Fsp3) is 0.172. The molecular weight excluding hydrogens is 518 g/mol. The van der Waals surface area contributed by atoms with Crippen LogP contribution in [0, 0.1) is 0 Å². The quantitative estimate of drug-likeness (QED) is 0.310. The average molecular weight is 546 g/mol. The molecule has 0 aliphatic heterocycles. The molecule has 200 valence electrons. The molecule has 1 aromatic heterocycles. The molecule has 0 fully saturated rings. The van der Waals surface area contributed by atoms with E-state index in [9.17, 15) is 14.7 Å². The van der Waals surface area contributed by atoms with Crippen molar-refractivity contribution in [1.82, 2.24) is 14.9 Å². The fourth-order valence-electron chi connectivity index (χ4n) is 3.72. The third kappa shape index (κ3) is 7.10. The maximum absolute atomic E-state index is 12.9. The van der Waals surface area contributed by atoms with E-state index in [-0.39, 0.29) is 18.2 Å². The van der Waals surface area contributed by atoms with E-state index in [1.54, 1.807) is 53.4 Å². The molecule has 4 aromatic rings. The molecule has 1 heterocycles. The third-order valence-electron chi connectivity index (χ3n) is 5.76. The SMILES string of the molecule is CN(CC(O)c1cccc(NC(=O)c2cccc(Cl)c2)c1)C(=O)Oc1cnc(N(C)C)nc1-c1ccccc1. The number of nitrogens with one attached hydrogen (secondary N) is 1. The van der Waals surface area contributed by atoms with Crippen LogP contribution in [-0.4, -0.2) is 59.7 Å². The summed E-state index contributed by atoms with van der Waals surface area (Å²) in [6.07, 6.45) is -0.261. The van der Waals surface area contributed by atoms with Crippen molar-refractivity contribution in [3.05, 3.63) is 101 Å². The van der Waals surface area contributed by atoms with Crippen molar-refractivity contribution in [2.24, 2.45) is 0 Å². The molecule has 4 rings (SSSR count). The largest absolute Gasteiger partial charge is 0.415 e. The summed E-state index contributed by atoms with van der Waals surface area (Å²) >= 11 is 5.98. The first kappa shape index (κ1) is 27.6. The van der Waals surface area contributed by atoms with Crippen molar-refractivity contribution >= 4 is 35.2 Å². The van der Waals surface area contributed by atoms with E-state index in [0.29, 0.717) is 33.5 Å². The predicted molar refractivity (Wildman–Crippen MR) is 151 cm³/mol. The minimum absolute atomic E-state index is 0.0537. The van der Waals surface area contributed by atoms with Crippen LogP contribution in [0.3, 0.4) is 0 Å². The van der Waals surface area contributed by atoms with Gasteiger partial charge in [0.05, 0.1) is 18.8 Å². The zero-order valence-electron chi connectivity index (χ0n) is 21.7. The number of hydrogen-bond donors (Lipinski definition) is 2. The molecular formula is C29H28ClN5O4. The Morgan fingerprint density at radius 1 is 1.00 bits per heavy atom. The Kier molecular flexibility index (Phi) is 8.75. The van der Waals surface area contributed by atoms with E-state index >= 15 is 0 Å². The van der Waals surface area contributed by atoms with Crippen molar-refractivity contribution < 1.29 is 19.4 Å². The van der Waals surface area contributed by atoms with Gasteiger partial charge in [0.1, 0.15) is 5.69 Å². The fourth-order valence-corrected chi connectivity index (χ4v) is 3.91. The number of anilines is 2. The molecule has 0 radical (unpaired) electrons. The normalized spacial score (nSPS) is 11.4. The lowest BCUT2D eigenvalue weighted by Gasteiger charge is -2.22. The molecule has 2 N–H and O–H groups in total. The van der Waals surface area contributed by atoms with E-state index in [4.69, 9.17) is 16.3 Å². The van der Waals surface area contributed by atoms with Crippen molar-refractivity contribution in [2.45, 2.75) is 6.10 Å². The lowest BCUT2D eigenvalue weighted by molar-refractivity contribution is 0.102. The van der Waals surface area contributed by atoms with Gasteiger partial charge in [-0.05, 0) is 35.9 Å². The number of halogens is 1. The second kappa shape index (κ2) is 12.4. The molecule has 0 bridgehead atoms. The molecule has 0 saturated heterocycles. The van der Waals surface area contributed by atoms with Gasteiger partial charge in [-0.2, -0.15) is 0 Å². The van der Waals surface area contributed by atoms with Gasteiger partial charge in [-0.3, -0.25) is 4.79 Å². The van der Waals surface area contributed by atoms with Gasteiger partial charge in [-0.15, -0.1) is 0 Å². The first-order valence-corrected chi connectivity index (χ1v) is 12.5.